The van der Waals surface area contributed by atoms with E-state index in [0.29, 0.717) is 11.3 Å². The zero-order chi connectivity index (χ0) is 16.2. The number of fused-ring (bicyclic) bond motifs is 1. The average Bonchev–Trinajstić information content (AvgIpc) is 2.99. The van der Waals surface area contributed by atoms with Crippen LogP contribution in [-0.4, -0.2) is 17.1 Å². The third-order valence-electron chi connectivity index (χ3n) is 3.80. The van der Waals surface area contributed by atoms with Gasteiger partial charge in [-0.05, 0) is 30.2 Å². The highest BCUT2D eigenvalue weighted by Gasteiger charge is 2.13. The van der Waals surface area contributed by atoms with Crippen LogP contribution in [0.2, 0.25) is 0 Å². The van der Waals surface area contributed by atoms with Gasteiger partial charge < -0.3 is 4.74 Å². The average molecular weight is 304 g/mol. The van der Waals surface area contributed by atoms with Gasteiger partial charge in [0, 0.05) is 11.6 Å². The van der Waals surface area contributed by atoms with E-state index >= 15 is 0 Å². The quantitative estimate of drug-likeness (QED) is 0.736. The minimum Gasteiger partial charge on any atom is -0.484 e. The van der Waals surface area contributed by atoms with Gasteiger partial charge in [0.2, 0.25) is 0 Å². The van der Waals surface area contributed by atoms with Crippen molar-refractivity contribution in [3.63, 3.8) is 0 Å². The van der Waals surface area contributed by atoms with Gasteiger partial charge in [0.05, 0.1) is 11.1 Å². The van der Waals surface area contributed by atoms with Crippen LogP contribution >= 0.6 is 0 Å². The Morgan fingerprint density at radius 1 is 1.17 bits per heavy atom. The van der Waals surface area contributed by atoms with Gasteiger partial charge in [-0.15, -0.1) is 0 Å². The second-order valence-corrected chi connectivity index (χ2v) is 5.22. The summed E-state index contributed by atoms with van der Waals surface area (Å²) in [4.78, 5) is 12.4. The summed E-state index contributed by atoms with van der Waals surface area (Å²) in [5.41, 5.74) is 2.43. The Labute approximate surface area is 134 Å². The van der Waals surface area contributed by atoms with E-state index in [9.17, 15) is 10.1 Å². The summed E-state index contributed by atoms with van der Waals surface area (Å²) >= 11 is 0. The molecule has 0 fully saturated rings. The van der Waals surface area contributed by atoms with Crippen molar-refractivity contribution in [2.24, 2.45) is 0 Å². The molecule has 0 atom stereocenters. The van der Waals surface area contributed by atoms with Crippen molar-refractivity contribution in [2.45, 2.75) is 13.3 Å². The molecule has 0 amide bonds. The van der Waals surface area contributed by atoms with Gasteiger partial charge in [-0.25, -0.2) is 0 Å². The third-order valence-corrected chi connectivity index (χ3v) is 3.80. The Bertz CT molecular complexity index is 886. The van der Waals surface area contributed by atoms with E-state index in [1.54, 1.807) is 6.20 Å². The van der Waals surface area contributed by atoms with Crippen LogP contribution in [0.25, 0.3) is 10.9 Å². The molecule has 1 aromatic heterocycles. The van der Waals surface area contributed by atoms with Crippen LogP contribution in [0.1, 0.15) is 22.8 Å². The molecule has 0 N–H and O–H groups in total. The van der Waals surface area contributed by atoms with Gasteiger partial charge >= 0.3 is 0 Å². The topological polar surface area (TPSA) is 55.0 Å². The van der Waals surface area contributed by atoms with Crippen molar-refractivity contribution in [3.05, 3.63) is 65.9 Å². The van der Waals surface area contributed by atoms with E-state index in [4.69, 9.17) is 4.74 Å². The zero-order valence-electron chi connectivity index (χ0n) is 12.8. The molecule has 0 aliphatic carbocycles. The molecule has 4 heteroatoms. The van der Waals surface area contributed by atoms with Crippen LogP contribution in [0.4, 0.5) is 0 Å². The summed E-state index contributed by atoms with van der Waals surface area (Å²) in [6, 6.07) is 17.2. The summed E-state index contributed by atoms with van der Waals surface area (Å²) in [7, 11) is 0. The molecule has 23 heavy (non-hydrogen) atoms. The molecule has 0 bridgehead atoms. The first-order valence-corrected chi connectivity index (χ1v) is 7.48. The lowest BCUT2D eigenvalue weighted by molar-refractivity contribution is 0.0843. The van der Waals surface area contributed by atoms with Crippen molar-refractivity contribution in [1.82, 2.24) is 4.57 Å². The number of ether oxygens (including phenoxy) is 1. The molecule has 0 radical (unpaired) electrons. The van der Waals surface area contributed by atoms with Gasteiger partial charge in [-0.3, -0.25) is 9.36 Å². The van der Waals surface area contributed by atoms with Crippen LogP contribution in [0, 0.1) is 11.3 Å². The van der Waals surface area contributed by atoms with Gasteiger partial charge in [0.15, 0.2) is 6.61 Å². The van der Waals surface area contributed by atoms with E-state index in [-0.39, 0.29) is 12.5 Å². The Balaban J connectivity index is 1.79. The molecule has 2 aromatic carbocycles. The largest absolute Gasteiger partial charge is 0.484 e. The molecule has 0 saturated carbocycles. The number of nitriles is 1. The Morgan fingerprint density at radius 2 is 1.91 bits per heavy atom. The molecule has 3 aromatic rings. The molecule has 0 saturated heterocycles. The highest BCUT2D eigenvalue weighted by molar-refractivity contribution is 5.96. The number of hydrogen-bond acceptors (Lipinski definition) is 3. The third kappa shape index (κ3) is 2.95. The Hall–Kier alpha value is -3.06. The van der Waals surface area contributed by atoms with Gasteiger partial charge in [0.1, 0.15) is 11.8 Å². The number of carbonyl (C=O) groups is 1. The number of benzene rings is 2. The first-order chi connectivity index (χ1) is 11.2. The van der Waals surface area contributed by atoms with Gasteiger partial charge in [-0.2, -0.15) is 5.26 Å². The fraction of sp³-hybridized carbons (Fsp3) is 0.158. The van der Waals surface area contributed by atoms with Crippen molar-refractivity contribution in [2.75, 3.05) is 6.61 Å². The molecule has 4 nitrogen and oxygen atoms in total. The number of aryl methyl sites for hydroxylation is 1. The number of hydrogen-bond donors (Lipinski definition) is 0. The highest BCUT2D eigenvalue weighted by atomic mass is 16.5. The number of carbonyl (C=O) groups excluding carboxylic acids is 1. The minimum atomic E-state index is -0.206. The molecule has 0 unspecified atom stereocenters. The van der Waals surface area contributed by atoms with Crippen LogP contribution in [-0.2, 0) is 6.42 Å². The second kappa shape index (κ2) is 6.37. The lowest BCUT2D eigenvalue weighted by Gasteiger charge is -2.07. The number of para-hydroxylation sites is 1. The van der Waals surface area contributed by atoms with Crippen LogP contribution in [0.5, 0.6) is 5.75 Å². The molecule has 0 spiro atoms. The maximum absolute atomic E-state index is 12.4. The molecule has 114 valence electrons. The Kier molecular flexibility index (Phi) is 4.11. The van der Waals surface area contributed by atoms with E-state index < -0.39 is 0 Å². The molecule has 0 aliphatic heterocycles. The smallest absolute Gasteiger partial charge is 0.269 e. The Morgan fingerprint density at radius 3 is 2.61 bits per heavy atom. The monoisotopic (exact) mass is 304 g/mol. The molecule has 3 rings (SSSR count). The van der Waals surface area contributed by atoms with Crippen LogP contribution in [0.15, 0.2) is 54.7 Å². The summed E-state index contributed by atoms with van der Waals surface area (Å²) < 4.78 is 7.04. The lowest BCUT2D eigenvalue weighted by Crippen LogP contribution is -2.18. The maximum atomic E-state index is 12.4. The lowest BCUT2D eigenvalue weighted by atomic mass is 10.2. The van der Waals surface area contributed by atoms with E-state index in [2.05, 4.69) is 13.0 Å². The first kappa shape index (κ1) is 14.9. The summed E-state index contributed by atoms with van der Waals surface area (Å²) in [5.74, 6) is 0.454. The van der Waals surface area contributed by atoms with Crippen molar-refractivity contribution in [3.8, 4) is 11.8 Å². The summed E-state index contributed by atoms with van der Waals surface area (Å²) in [6.07, 6.45) is 2.53. The van der Waals surface area contributed by atoms with Crippen molar-refractivity contribution in [1.29, 1.82) is 5.26 Å². The van der Waals surface area contributed by atoms with Crippen LogP contribution in [0.3, 0.4) is 0 Å². The highest BCUT2D eigenvalue weighted by Crippen LogP contribution is 2.20. The summed E-state index contributed by atoms with van der Waals surface area (Å²) in [6.45, 7) is 2.01. The predicted molar refractivity (Wildman–Crippen MR) is 88.6 cm³/mol. The zero-order valence-corrected chi connectivity index (χ0v) is 12.8. The molecule has 1 heterocycles. The van der Waals surface area contributed by atoms with Crippen LogP contribution < -0.4 is 4.74 Å². The second-order valence-electron chi connectivity index (χ2n) is 5.22. The fourth-order valence-electron chi connectivity index (χ4n) is 2.51. The van der Waals surface area contributed by atoms with Gasteiger partial charge in [0.25, 0.3) is 5.91 Å². The SMILES string of the molecule is CCc1ccc(OCC(=O)n2cc(C#N)c3ccccc32)cc1. The minimum absolute atomic E-state index is 0.0744. The molecular formula is C19H16N2O2. The fourth-order valence-corrected chi connectivity index (χ4v) is 2.51. The summed E-state index contributed by atoms with van der Waals surface area (Å²) in [5, 5.41) is 9.96. The number of aromatic nitrogens is 1. The van der Waals surface area contributed by atoms with Gasteiger partial charge in [-0.1, -0.05) is 37.3 Å². The van der Waals surface area contributed by atoms with Crippen molar-refractivity contribution < 1.29 is 9.53 Å². The first-order valence-electron chi connectivity index (χ1n) is 7.48. The molecule has 0 aliphatic rings. The maximum Gasteiger partial charge on any atom is 0.269 e. The van der Waals surface area contributed by atoms with Crippen molar-refractivity contribution >= 4 is 16.8 Å². The number of nitrogens with zero attached hydrogens (tertiary/aromatic N) is 2. The standard InChI is InChI=1S/C19H16N2O2/c1-2-14-7-9-16(10-8-14)23-13-19(22)21-12-15(11-20)17-5-3-4-6-18(17)21/h3-10,12H,2,13H2,1H3. The predicted octanol–water partition coefficient (Wildman–Crippen LogP) is 3.79. The normalized spacial score (nSPS) is 10.4. The van der Waals surface area contributed by atoms with E-state index in [0.717, 1.165) is 17.3 Å². The molecular weight excluding hydrogens is 288 g/mol. The van der Waals surface area contributed by atoms with E-state index in [1.165, 1.54) is 10.1 Å². The van der Waals surface area contributed by atoms with E-state index in [1.807, 2.05) is 48.5 Å². The number of rotatable bonds is 4.